The molecule has 7 heteroatoms. The molecule has 0 spiro atoms. The van der Waals surface area contributed by atoms with Crippen LogP contribution in [-0.4, -0.2) is 26.5 Å². The summed E-state index contributed by atoms with van der Waals surface area (Å²) in [7, 11) is 0. The highest BCUT2D eigenvalue weighted by Crippen LogP contribution is 2.24. The first-order valence-corrected chi connectivity index (χ1v) is 10.4. The molecule has 0 aliphatic carbocycles. The maximum atomic E-state index is 12.9. The summed E-state index contributed by atoms with van der Waals surface area (Å²) in [5.41, 5.74) is 1.74. The number of anilines is 1. The van der Waals surface area contributed by atoms with Gasteiger partial charge < -0.3 is 5.32 Å². The molecule has 3 rings (SSSR count). The van der Waals surface area contributed by atoms with Gasteiger partial charge in [0.2, 0.25) is 5.91 Å². The van der Waals surface area contributed by atoms with Crippen molar-refractivity contribution in [3.8, 4) is 0 Å². The molecule has 3 aromatic rings. The van der Waals surface area contributed by atoms with Crippen molar-refractivity contribution in [2.75, 3.05) is 5.32 Å². The second-order valence-corrected chi connectivity index (χ2v) is 8.06. The van der Waals surface area contributed by atoms with Crippen LogP contribution in [0, 0.1) is 0 Å². The Hall–Kier alpha value is -2.93. The second-order valence-electron chi connectivity index (χ2n) is 6.75. The standard InChI is InChI=1S/C22H23N3O3S/c1-4-13-25-21(28)18-7-5-6-8-19(18)24-22(25)29-15(3)20(27)23-17-11-9-16(10-12-17)14(2)26/h5-12,15H,4,13H2,1-3H3,(H,23,27)/t15-/m0/s1. The van der Waals surface area contributed by atoms with Gasteiger partial charge in [-0.2, -0.15) is 0 Å². The van der Waals surface area contributed by atoms with E-state index in [4.69, 9.17) is 0 Å². The van der Waals surface area contributed by atoms with Crippen LogP contribution >= 0.6 is 11.8 Å². The van der Waals surface area contributed by atoms with Crippen LogP contribution in [0.5, 0.6) is 0 Å². The minimum absolute atomic E-state index is 0.0249. The number of hydrogen-bond donors (Lipinski definition) is 1. The molecule has 2 aromatic carbocycles. The second kappa shape index (κ2) is 9.05. The van der Waals surface area contributed by atoms with Gasteiger partial charge in [-0.05, 0) is 56.7 Å². The van der Waals surface area contributed by atoms with Gasteiger partial charge in [0.25, 0.3) is 5.56 Å². The van der Waals surface area contributed by atoms with Gasteiger partial charge in [-0.25, -0.2) is 4.98 Å². The molecule has 1 aromatic heterocycles. The fraction of sp³-hybridized carbons (Fsp3) is 0.273. The SMILES string of the molecule is CCCn1c(S[C@@H](C)C(=O)Nc2ccc(C(C)=O)cc2)nc2ccccc2c1=O. The first-order chi connectivity index (χ1) is 13.9. The highest BCUT2D eigenvalue weighted by molar-refractivity contribution is 8.00. The number of rotatable bonds is 7. The minimum Gasteiger partial charge on any atom is -0.325 e. The molecule has 0 saturated carbocycles. The summed E-state index contributed by atoms with van der Waals surface area (Å²) in [5.74, 6) is -0.223. The van der Waals surface area contributed by atoms with E-state index in [0.717, 1.165) is 6.42 Å². The van der Waals surface area contributed by atoms with Gasteiger partial charge in [-0.15, -0.1) is 0 Å². The molecular weight excluding hydrogens is 386 g/mol. The Morgan fingerprint density at radius 2 is 1.83 bits per heavy atom. The summed E-state index contributed by atoms with van der Waals surface area (Å²) in [4.78, 5) is 41.5. The van der Waals surface area contributed by atoms with E-state index in [1.807, 2.05) is 19.1 Å². The van der Waals surface area contributed by atoms with Gasteiger partial charge in [0.15, 0.2) is 10.9 Å². The topological polar surface area (TPSA) is 81.1 Å². The summed E-state index contributed by atoms with van der Waals surface area (Å²) in [6, 6.07) is 14.0. The van der Waals surface area contributed by atoms with Crippen LogP contribution in [0.3, 0.4) is 0 Å². The summed E-state index contributed by atoms with van der Waals surface area (Å²) < 4.78 is 1.64. The van der Waals surface area contributed by atoms with Crippen LogP contribution in [0.2, 0.25) is 0 Å². The molecule has 0 aliphatic heterocycles. The Bertz CT molecular complexity index is 1110. The number of Topliss-reactive ketones (excluding diaryl/α,β-unsaturated/α-hetero) is 1. The Morgan fingerprint density at radius 3 is 2.48 bits per heavy atom. The maximum Gasteiger partial charge on any atom is 0.262 e. The van der Waals surface area contributed by atoms with E-state index in [9.17, 15) is 14.4 Å². The molecule has 0 unspecified atom stereocenters. The van der Waals surface area contributed by atoms with Crippen molar-refractivity contribution in [3.63, 3.8) is 0 Å². The van der Waals surface area contributed by atoms with E-state index in [0.29, 0.717) is 33.9 Å². The highest BCUT2D eigenvalue weighted by atomic mass is 32.2. The third-order valence-corrected chi connectivity index (χ3v) is 5.57. The van der Waals surface area contributed by atoms with Crippen LogP contribution in [-0.2, 0) is 11.3 Å². The van der Waals surface area contributed by atoms with Gasteiger partial charge in [0.1, 0.15) is 0 Å². The first kappa shape index (κ1) is 20.8. The number of fused-ring (bicyclic) bond motifs is 1. The summed E-state index contributed by atoms with van der Waals surface area (Å²) >= 11 is 1.26. The normalized spacial score (nSPS) is 12.0. The molecule has 29 heavy (non-hydrogen) atoms. The lowest BCUT2D eigenvalue weighted by Gasteiger charge is -2.16. The Labute approximate surface area is 173 Å². The maximum absolute atomic E-state index is 12.9. The van der Waals surface area contributed by atoms with Gasteiger partial charge in [-0.3, -0.25) is 19.0 Å². The molecule has 0 bridgehead atoms. The van der Waals surface area contributed by atoms with Crippen molar-refractivity contribution < 1.29 is 9.59 Å². The third-order valence-electron chi connectivity index (χ3n) is 4.48. The van der Waals surface area contributed by atoms with Crippen LogP contribution in [0.1, 0.15) is 37.6 Å². The van der Waals surface area contributed by atoms with E-state index in [1.54, 1.807) is 47.9 Å². The fourth-order valence-corrected chi connectivity index (χ4v) is 3.84. The summed E-state index contributed by atoms with van der Waals surface area (Å²) in [6.07, 6.45) is 0.788. The Balaban J connectivity index is 1.81. The van der Waals surface area contributed by atoms with Gasteiger partial charge in [-0.1, -0.05) is 30.8 Å². The number of nitrogens with one attached hydrogen (secondary N) is 1. The number of carbonyl (C=O) groups excluding carboxylic acids is 2. The predicted octanol–water partition coefficient (Wildman–Crippen LogP) is 4.13. The molecule has 0 radical (unpaired) electrons. The van der Waals surface area contributed by atoms with E-state index in [2.05, 4.69) is 10.3 Å². The monoisotopic (exact) mass is 409 g/mol. The number of nitrogens with zero attached hydrogens (tertiary/aromatic N) is 2. The number of hydrogen-bond acceptors (Lipinski definition) is 5. The molecule has 1 atom stereocenters. The number of amides is 1. The zero-order valence-electron chi connectivity index (χ0n) is 16.6. The average Bonchev–Trinajstić information content (AvgIpc) is 2.71. The number of benzene rings is 2. The molecule has 0 fully saturated rings. The zero-order valence-corrected chi connectivity index (χ0v) is 17.5. The first-order valence-electron chi connectivity index (χ1n) is 9.48. The highest BCUT2D eigenvalue weighted by Gasteiger charge is 2.19. The van der Waals surface area contributed by atoms with Crippen molar-refractivity contribution in [1.29, 1.82) is 0 Å². The number of aromatic nitrogens is 2. The number of ketones is 1. The number of para-hydroxylation sites is 1. The minimum atomic E-state index is -0.460. The van der Waals surface area contributed by atoms with Crippen molar-refractivity contribution in [3.05, 3.63) is 64.4 Å². The van der Waals surface area contributed by atoms with Gasteiger partial charge >= 0.3 is 0 Å². The van der Waals surface area contributed by atoms with Crippen LogP contribution < -0.4 is 10.9 Å². The number of carbonyl (C=O) groups is 2. The molecule has 150 valence electrons. The van der Waals surface area contributed by atoms with Crippen LogP contribution in [0.15, 0.2) is 58.5 Å². The van der Waals surface area contributed by atoms with E-state index in [-0.39, 0.29) is 17.2 Å². The third kappa shape index (κ3) is 4.74. The van der Waals surface area contributed by atoms with E-state index >= 15 is 0 Å². The molecule has 6 nitrogen and oxygen atoms in total. The largest absolute Gasteiger partial charge is 0.325 e. The van der Waals surface area contributed by atoms with E-state index in [1.165, 1.54) is 18.7 Å². The molecular formula is C22H23N3O3S. The van der Waals surface area contributed by atoms with Crippen molar-refractivity contribution in [1.82, 2.24) is 9.55 Å². The summed E-state index contributed by atoms with van der Waals surface area (Å²) in [6.45, 7) is 5.82. The Kier molecular flexibility index (Phi) is 6.49. The summed E-state index contributed by atoms with van der Waals surface area (Å²) in [5, 5.41) is 3.49. The number of thioether (sulfide) groups is 1. The molecule has 1 amide bonds. The van der Waals surface area contributed by atoms with E-state index < -0.39 is 5.25 Å². The molecule has 0 saturated heterocycles. The quantitative estimate of drug-likeness (QED) is 0.360. The lowest BCUT2D eigenvalue weighted by molar-refractivity contribution is -0.115. The lowest BCUT2D eigenvalue weighted by atomic mass is 10.1. The van der Waals surface area contributed by atoms with Crippen molar-refractivity contribution in [2.24, 2.45) is 0 Å². The smallest absolute Gasteiger partial charge is 0.262 e. The van der Waals surface area contributed by atoms with Crippen molar-refractivity contribution in [2.45, 2.75) is 44.1 Å². The van der Waals surface area contributed by atoms with Gasteiger partial charge in [0.05, 0.1) is 16.2 Å². The van der Waals surface area contributed by atoms with Gasteiger partial charge in [0, 0.05) is 17.8 Å². The predicted molar refractivity (Wildman–Crippen MR) is 117 cm³/mol. The fourth-order valence-electron chi connectivity index (χ4n) is 2.90. The average molecular weight is 410 g/mol. The van der Waals surface area contributed by atoms with Crippen molar-refractivity contribution >= 4 is 40.0 Å². The molecule has 1 N–H and O–H groups in total. The molecule has 1 heterocycles. The molecule has 0 aliphatic rings. The van der Waals surface area contributed by atoms with Crippen LogP contribution in [0.25, 0.3) is 10.9 Å². The Morgan fingerprint density at radius 1 is 1.14 bits per heavy atom. The lowest BCUT2D eigenvalue weighted by Crippen LogP contribution is -2.27. The van der Waals surface area contributed by atoms with Crippen LogP contribution in [0.4, 0.5) is 5.69 Å². The zero-order chi connectivity index (χ0) is 21.0.